The van der Waals surface area contributed by atoms with Crippen LogP contribution in [0.15, 0.2) is 60.7 Å². The fourth-order valence-electron chi connectivity index (χ4n) is 0.642. The third-order valence-corrected chi connectivity index (χ3v) is 1.11. The molecule has 0 aliphatic heterocycles. The van der Waals surface area contributed by atoms with Crippen LogP contribution in [0, 0.1) is 0 Å². The summed E-state index contributed by atoms with van der Waals surface area (Å²) in [6.07, 6.45) is 0. The molecule has 0 heterocycles. The quantitative estimate of drug-likeness (QED) is 0.651. The van der Waals surface area contributed by atoms with E-state index in [1.165, 1.54) is 0 Å². The van der Waals surface area contributed by atoms with Crippen LogP contribution in [-0.2, 0) is 26.2 Å². The van der Waals surface area contributed by atoms with Crippen LogP contribution < -0.4 is 0 Å². The van der Waals surface area contributed by atoms with Crippen molar-refractivity contribution in [2.45, 2.75) is 0 Å². The minimum Gasteiger partial charge on any atom is -0.748 e. The molecule has 0 unspecified atom stereocenters. The fourth-order valence-corrected chi connectivity index (χ4v) is 0.642. The third kappa shape index (κ3) is 12.2. The molecule has 0 nitrogen and oxygen atoms in total. The van der Waals surface area contributed by atoms with Gasteiger partial charge in [-0.2, -0.15) is 18.2 Å². The Balaban J connectivity index is -0.000000125. The summed E-state index contributed by atoms with van der Waals surface area (Å²) in [6, 6.07) is 20.0. The van der Waals surface area contributed by atoms with Gasteiger partial charge < -0.3 is 30.3 Å². The number of rotatable bonds is 0. The number of hydrogen-bond donors (Lipinski definition) is 0. The molecular formula is C10H12Cl2Zr-6. The third-order valence-electron chi connectivity index (χ3n) is 1.11. The van der Waals surface area contributed by atoms with Crippen LogP contribution in [0.2, 0.25) is 0 Å². The van der Waals surface area contributed by atoms with E-state index in [1.54, 1.807) is 0 Å². The van der Waals surface area contributed by atoms with Crippen molar-refractivity contribution in [2.24, 2.45) is 0 Å². The van der Waals surface area contributed by atoms with Gasteiger partial charge in [-0.15, -0.1) is 24.8 Å². The zero-order chi connectivity index (χ0) is 7.07. The Kier molecular flexibility index (Phi) is 21.3. The Bertz CT molecular complexity index is 152. The van der Waals surface area contributed by atoms with Gasteiger partial charge in [-0.05, 0) is 0 Å². The van der Waals surface area contributed by atoms with Gasteiger partial charge in [-0.1, -0.05) is 0 Å². The Morgan fingerprint density at radius 2 is 0.923 bits per heavy atom. The van der Waals surface area contributed by atoms with Gasteiger partial charge in [0.1, 0.15) is 0 Å². The van der Waals surface area contributed by atoms with Gasteiger partial charge in [0.2, 0.25) is 0 Å². The second-order valence-corrected chi connectivity index (χ2v) is 1.92. The Morgan fingerprint density at radius 1 is 0.615 bits per heavy atom. The Hall–Kier alpha value is 0.163. The SMILES string of the molecule is Cl.Cl.[Zr].[cH-]1[cH-][cH-][cH-][cH-]1.c1cc[cH-]c1. The Morgan fingerprint density at radius 3 is 1.08 bits per heavy atom. The molecule has 0 atom stereocenters. The van der Waals surface area contributed by atoms with Crippen molar-refractivity contribution >= 4 is 24.8 Å². The van der Waals surface area contributed by atoms with E-state index in [4.69, 9.17) is 0 Å². The normalized spacial score (nSPS) is 6.15. The van der Waals surface area contributed by atoms with Gasteiger partial charge in [0.25, 0.3) is 0 Å². The predicted molar refractivity (Wildman–Crippen MR) is 58.6 cm³/mol. The van der Waals surface area contributed by atoms with Crippen LogP contribution in [0.25, 0.3) is 0 Å². The summed E-state index contributed by atoms with van der Waals surface area (Å²) in [5.41, 5.74) is 0. The molecule has 0 radical (unpaired) electrons. The van der Waals surface area contributed by atoms with Crippen LogP contribution >= 0.6 is 24.8 Å². The van der Waals surface area contributed by atoms with Gasteiger partial charge in [0.15, 0.2) is 0 Å². The van der Waals surface area contributed by atoms with Crippen molar-refractivity contribution in [3.8, 4) is 0 Å². The summed E-state index contributed by atoms with van der Waals surface area (Å²) in [5.74, 6) is 0. The fraction of sp³-hybridized carbons (Fsp3) is 0. The first-order valence-electron chi connectivity index (χ1n) is 3.33. The van der Waals surface area contributed by atoms with E-state index in [-0.39, 0.29) is 51.0 Å². The molecule has 2 rings (SSSR count). The van der Waals surface area contributed by atoms with E-state index in [2.05, 4.69) is 0 Å². The number of hydrogen-bond acceptors (Lipinski definition) is 0. The van der Waals surface area contributed by atoms with Crippen LogP contribution in [0.1, 0.15) is 0 Å². The first kappa shape index (κ1) is 18.9. The van der Waals surface area contributed by atoms with Crippen molar-refractivity contribution in [1.29, 1.82) is 0 Å². The largest absolute Gasteiger partial charge is 0.748 e. The molecule has 0 fully saturated rings. The molecule has 0 amide bonds. The summed E-state index contributed by atoms with van der Waals surface area (Å²) < 4.78 is 0. The van der Waals surface area contributed by atoms with Crippen molar-refractivity contribution in [3.63, 3.8) is 0 Å². The van der Waals surface area contributed by atoms with E-state index in [0.29, 0.717) is 0 Å². The molecule has 0 aliphatic carbocycles. The van der Waals surface area contributed by atoms with Crippen molar-refractivity contribution in [3.05, 3.63) is 60.7 Å². The molecule has 76 valence electrons. The molecule has 0 bridgehead atoms. The molecule has 13 heavy (non-hydrogen) atoms. The Labute approximate surface area is 111 Å². The summed E-state index contributed by atoms with van der Waals surface area (Å²) in [5, 5.41) is 0. The van der Waals surface area contributed by atoms with E-state index in [1.807, 2.05) is 60.7 Å². The van der Waals surface area contributed by atoms with Crippen LogP contribution in [-0.4, -0.2) is 0 Å². The van der Waals surface area contributed by atoms with Gasteiger partial charge in [-0.25, -0.2) is 12.1 Å². The van der Waals surface area contributed by atoms with E-state index >= 15 is 0 Å². The van der Waals surface area contributed by atoms with E-state index in [0.717, 1.165) is 0 Å². The minimum atomic E-state index is 0. The zero-order valence-electron chi connectivity index (χ0n) is 7.09. The van der Waals surface area contributed by atoms with E-state index < -0.39 is 0 Å². The molecule has 0 aromatic heterocycles. The van der Waals surface area contributed by atoms with Crippen LogP contribution in [0.5, 0.6) is 0 Å². The summed E-state index contributed by atoms with van der Waals surface area (Å²) >= 11 is 0. The van der Waals surface area contributed by atoms with Crippen molar-refractivity contribution < 1.29 is 26.2 Å². The summed E-state index contributed by atoms with van der Waals surface area (Å²) in [7, 11) is 0. The van der Waals surface area contributed by atoms with Crippen LogP contribution in [0.3, 0.4) is 0 Å². The van der Waals surface area contributed by atoms with Crippen LogP contribution in [0.4, 0.5) is 0 Å². The van der Waals surface area contributed by atoms with E-state index in [9.17, 15) is 0 Å². The maximum atomic E-state index is 2.00. The van der Waals surface area contributed by atoms with Gasteiger partial charge in [-0.3, -0.25) is 0 Å². The molecule has 0 saturated carbocycles. The molecule has 2 aromatic carbocycles. The monoisotopic (exact) mass is 292 g/mol. The first-order valence-corrected chi connectivity index (χ1v) is 3.33. The van der Waals surface area contributed by atoms with Gasteiger partial charge >= 0.3 is 0 Å². The molecular weight excluding hydrogens is 282 g/mol. The minimum absolute atomic E-state index is 0. The average molecular weight is 294 g/mol. The maximum absolute atomic E-state index is 2.00. The molecule has 0 aliphatic rings. The molecule has 2 aromatic rings. The maximum Gasteiger partial charge on any atom is 0 e. The van der Waals surface area contributed by atoms with Gasteiger partial charge in [0, 0.05) is 26.2 Å². The first-order chi connectivity index (χ1) is 5.00. The second-order valence-electron chi connectivity index (χ2n) is 1.92. The molecule has 0 saturated heterocycles. The standard InChI is InChI=1S/2C5H5.2ClH.Zr/c2*1-2-4-5-3-1;;;/h2*1-5H;2*1H;/q-5;-1;;;. The topological polar surface area (TPSA) is 0 Å². The molecule has 3 heteroatoms. The van der Waals surface area contributed by atoms with Crippen molar-refractivity contribution in [1.82, 2.24) is 0 Å². The summed E-state index contributed by atoms with van der Waals surface area (Å²) in [4.78, 5) is 0. The zero-order valence-corrected chi connectivity index (χ0v) is 11.2. The van der Waals surface area contributed by atoms with Gasteiger partial charge in [0.05, 0.1) is 0 Å². The number of halogens is 2. The average Bonchev–Trinajstić information content (AvgIpc) is 2.67. The smallest absolute Gasteiger partial charge is 0 e. The molecule has 0 spiro atoms. The molecule has 0 N–H and O–H groups in total. The second kappa shape index (κ2) is 14.7. The van der Waals surface area contributed by atoms with Crippen molar-refractivity contribution in [2.75, 3.05) is 0 Å². The summed E-state index contributed by atoms with van der Waals surface area (Å²) in [6.45, 7) is 0. The predicted octanol–water partition coefficient (Wildman–Crippen LogP) is 3.65.